The molecule has 17 heavy (non-hydrogen) atoms. The van der Waals surface area contributed by atoms with E-state index in [1.54, 1.807) is 23.1 Å². The van der Waals surface area contributed by atoms with E-state index in [1.165, 1.54) is 0 Å². The van der Waals surface area contributed by atoms with Crippen molar-refractivity contribution in [2.75, 3.05) is 0 Å². The molecule has 0 fully saturated rings. The van der Waals surface area contributed by atoms with Gasteiger partial charge in [0, 0.05) is 12.4 Å². The minimum absolute atomic E-state index is 0.251. The molecule has 0 saturated heterocycles. The first-order valence-electron chi connectivity index (χ1n) is 4.91. The summed E-state index contributed by atoms with van der Waals surface area (Å²) in [5.74, 6) is 0.552. The van der Waals surface area contributed by atoms with Crippen molar-refractivity contribution in [3.63, 3.8) is 0 Å². The summed E-state index contributed by atoms with van der Waals surface area (Å²) in [4.78, 5) is 34.0. The molecular formula is C9H8N6O2. The summed E-state index contributed by atoms with van der Waals surface area (Å²) in [6.07, 6.45) is 3.43. The Kier molecular flexibility index (Phi) is 1.94. The van der Waals surface area contributed by atoms with Crippen molar-refractivity contribution in [3.05, 3.63) is 45.1 Å². The Labute approximate surface area is 93.3 Å². The van der Waals surface area contributed by atoms with E-state index in [4.69, 9.17) is 0 Å². The summed E-state index contributed by atoms with van der Waals surface area (Å²) in [5, 5.41) is 4.02. The van der Waals surface area contributed by atoms with Gasteiger partial charge in [-0.1, -0.05) is 0 Å². The highest BCUT2D eigenvalue weighted by atomic mass is 16.2. The second-order valence-corrected chi connectivity index (χ2v) is 3.52. The number of rotatable bonds is 2. The van der Waals surface area contributed by atoms with Crippen LogP contribution in [0, 0.1) is 0 Å². The summed E-state index contributed by atoms with van der Waals surface area (Å²) in [6, 6.07) is 1.79. The summed E-state index contributed by atoms with van der Waals surface area (Å²) in [6.45, 7) is 0.406. The highest BCUT2D eigenvalue weighted by Gasteiger charge is 2.07. The highest BCUT2D eigenvalue weighted by Crippen LogP contribution is 2.02. The van der Waals surface area contributed by atoms with E-state index in [1.807, 2.05) is 0 Å². The molecule has 0 atom stereocenters. The molecule has 0 radical (unpaired) electrons. The van der Waals surface area contributed by atoms with Crippen LogP contribution in [0.2, 0.25) is 0 Å². The zero-order valence-corrected chi connectivity index (χ0v) is 8.60. The van der Waals surface area contributed by atoms with E-state index in [-0.39, 0.29) is 11.2 Å². The van der Waals surface area contributed by atoms with Crippen molar-refractivity contribution in [2.45, 2.75) is 6.54 Å². The van der Waals surface area contributed by atoms with Gasteiger partial charge in [0.2, 0.25) is 0 Å². The zero-order valence-electron chi connectivity index (χ0n) is 8.60. The Morgan fingerprint density at radius 3 is 2.88 bits per heavy atom. The van der Waals surface area contributed by atoms with Gasteiger partial charge in [-0.05, 0) is 6.07 Å². The smallest absolute Gasteiger partial charge is 0.327 e. The predicted octanol–water partition coefficient (Wildman–Crippen LogP) is -0.816. The maximum atomic E-state index is 11.4. The van der Waals surface area contributed by atoms with E-state index in [9.17, 15) is 9.59 Å². The topological polar surface area (TPSA) is 112 Å². The fraction of sp³-hybridized carbons (Fsp3) is 0.111. The Hall–Kier alpha value is -2.64. The van der Waals surface area contributed by atoms with E-state index >= 15 is 0 Å². The number of aromatic amines is 3. The Bertz CT molecular complexity index is 763. The molecular weight excluding hydrogens is 224 g/mol. The monoisotopic (exact) mass is 232 g/mol. The van der Waals surface area contributed by atoms with Gasteiger partial charge in [-0.15, -0.1) is 0 Å². The molecule has 86 valence electrons. The average Bonchev–Trinajstić information content (AvgIpc) is 2.87. The minimum atomic E-state index is -0.570. The maximum absolute atomic E-state index is 11.4. The van der Waals surface area contributed by atoms with Gasteiger partial charge in [0.25, 0.3) is 5.56 Å². The molecule has 0 saturated carbocycles. The number of nitrogens with zero attached hydrogens (tertiary/aromatic N) is 3. The van der Waals surface area contributed by atoms with Crippen molar-refractivity contribution in [1.82, 2.24) is 29.7 Å². The number of hydrogen-bond donors (Lipinski definition) is 3. The van der Waals surface area contributed by atoms with Crippen LogP contribution >= 0.6 is 0 Å². The Balaban J connectivity index is 2.11. The van der Waals surface area contributed by atoms with Gasteiger partial charge < -0.3 is 4.98 Å². The number of aromatic nitrogens is 6. The van der Waals surface area contributed by atoms with Crippen LogP contribution in [-0.2, 0) is 6.54 Å². The lowest BCUT2D eigenvalue weighted by Gasteiger charge is -1.95. The minimum Gasteiger partial charge on any atom is -0.335 e. The number of fused-ring (bicyclic) bond motifs is 1. The number of imidazole rings is 1. The first-order chi connectivity index (χ1) is 8.22. The van der Waals surface area contributed by atoms with Gasteiger partial charge in [0.05, 0.1) is 6.54 Å². The van der Waals surface area contributed by atoms with Crippen LogP contribution in [0.1, 0.15) is 5.82 Å². The lowest BCUT2D eigenvalue weighted by molar-refractivity contribution is 0.663. The standard InChI is InChI=1S/C9H8N6O2/c16-8-6-7(13-9(17)14-8)12-5(11-6)4-15-3-1-2-10-15/h1-3H,4H2,(H3,11,12,13,14,16,17). The zero-order chi connectivity index (χ0) is 11.8. The van der Waals surface area contributed by atoms with Gasteiger partial charge in [-0.2, -0.15) is 5.10 Å². The first kappa shape index (κ1) is 9.58. The van der Waals surface area contributed by atoms with Crippen LogP contribution in [0.3, 0.4) is 0 Å². The molecule has 0 aliphatic carbocycles. The van der Waals surface area contributed by atoms with Crippen molar-refractivity contribution < 1.29 is 0 Å². The quantitative estimate of drug-likeness (QED) is 0.536. The molecule has 0 aliphatic heterocycles. The Morgan fingerprint density at radius 2 is 2.12 bits per heavy atom. The van der Waals surface area contributed by atoms with E-state index in [2.05, 4.69) is 25.0 Å². The molecule has 3 aromatic rings. The molecule has 3 aromatic heterocycles. The molecule has 0 amide bonds. The van der Waals surface area contributed by atoms with Gasteiger partial charge in [-0.3, -0.25) is 19.4 Å². The normalized spacial score (nSPS) is 11.1. The highest BCUT2D eigenvalue weighted by molar-refractivity contribution is 5.68. The van der Waals surface area contributed by atoms with Crippen molar-refractivity contribution >= 4 is 11.2 Å². The van der Waals surface area contributed by atoms with Gasteiger partial charge in [0.1, 0.15) is 11.3 Å². The fourth-order valence-electron chi connectivity index (χ4n) is 1.60. The Morgan fingerprint density at radius 1 is 1.24 bits per heavy atom. The number of nitrogens with one attached hydrogen (secondary N) is 3. The lowest BCUT2D eigenvalue weighted by atomic mass is 10.5. The van der Waals surface area contributed by atoms with Crippen molar-refractivity contribution in [2.24, 2.45) is 0 Å². The van der Waals surface area contributed by atoms with Crippen LogP contribution < -0.4 is 11.2 Å². The van der Waals surface area contributed by atoms with Crippen LogP contribution in [0.25, 0.3) is 11.2 Å². The summed E-state index contributed by atoms with van der Waals surface area (Å²) in [7, 11) is 0. The third kappa shape index (κ3) is 1.65. The van der Waals surface area contributed by atoms with Gasteiger partial charge in [0.15, 0.2) is 5.65 Å². The molecule has 0 spiro atoms. The summed E-state index contributed by atoms with van der Waals surface area (Å²) >= 11 is 0. The van der Waals surface area contributed by atoms with Crippen LogP contribution in [0.5, 0.6) is 0 Å². The van der Waals surface area contributed by atoms with Crippen molar-refractivity contribution in [3.8, 4) is 0 Å². The number of hydrogen-bond acceptors (Lipinski definition) is 4. The second kappa shape index (κ2) is 3.44. The van der Waals surface area contributed by atoms with Crippen LogP contribution in [0.4, 0.5) is 0 Å². The van der Waals surface area contributed by atoms with E-state index in [0.717, 1.165) is 0 Å². The van der Waals surface area contributed by atoms with E-state index < -0.39 is 11.2 Å². The van der Waals surface area contributed by atoms with Crippen LogP contribution in [0.15, 0.2) is 28.0 Å². The summed E-state index contributed by atoms with van der Waals surface area (Å²) < 4.78 is 1.66. The van der Waals surface area contributed by atoms with Crippen LogP contribution in [-0.4, -0.2) is 29.7 Å². The fourth-order valence-corrected chi connectivity index (χ4v) is 1.60. The predicted molar refractivity (Wildman–Crippen MR) is 58.7 cm³/mol. The largest absolute Gasteiger partial charge is 0.335 e. The SMILES string of the molecule is O=c1[nH]c(=O)c2[nH]c(Cn3cccn3)nc2[nH]1. The lowest BCUT2D eigenvalue weighted by Crippen LogP contribution is -2.21. The molecule has 8 nitrogen and oxygen atoms in total. The average molecular weight is 232 g/mol. The molecule has 0 bridgehead atoms. The summed E-state index contributed by atoms with van der Waals surface area (Å²) in [5.41, 5.74) is -0.546. The third-order valence-electron chi connectivity index (χ3n) is 2.31. The third-order valence-corrected chi connectivity index (χ3v) is 2.31. The molecule has 8 heteroatoms. The second-order valence-electron chi connectivity index (χ2n) is 3.52. The van der Waals surface area contributed by atoms with Gasteiger partial charge in [-0.25, -0.2) is 9.78 Å². The molecule has 3 N–H and O–H groups in total. The number of H-pyrrole nitrogens is 3. The molecule has 3 heterocycles. The molecule has 0 aromatic carbocycles. The van der Waals surface area contributed by atoms with E-state index in [0.29, 0.717) is 12.4 Å². The first-order valence-corrected chi connectivity index (χ1v) is 4.91. The van der Waals surface area contributed by atoms with Gasteiger partial charge >= 0.3 is 5.69 Å². The van der Waals surface area contributed by atoms with Crippen molar-refractivity contribution in [1.29, 1.82) is 0 Å². The molecule has 0 aliphatic rings. The maximum Gasteiger partial charge on any atom is 0.327 e. The molecule has 0 unspecified atom stereocenters. The molecule has 3 rings (SSSR count).